The third-order valence-electron chi connectivity index (χ3n) is 2.28. The molecular weight excluding hydrogens is 219 g/mol. The van der Waals surface area contributed by atoms with Crippen molar-refractivity contribution in [2.24, 2.45) is 0 Å². The van der Waals surface area contributed by atoms with Gasteiger partial charge in [-0.15, -0.1) is 0 Å². The van der Waals surface area contributed by atoms with Gasteiger partial charge in [-0.05, 0) is 19.1 Å². The van der Waals surface area contributed by atoms with Crippen LogP contribution in [0.1, 0.15) is 24.5 Å². The van der Waals surface area contributed by atoms with Crippen molar-refractivity contribution in [1.82, 2.24) is 5.32 Å². The van der Waals surface area contributed by atoms with E-state index in [0.29, 0.717) is 29.8 Å². The lowest BCUT2D eigenvalue weighted by atomic mass is 10.1. The standard InChI is InChI=1S/C13H15FN2O/c1-9-12(15)7-6-11(13(9)14)5-3-4-8-16-10(2)17/h6-7H,4,8,15H2,1-2H3,(H,16,17). The van der Waals surface area contributed by atoms with Crippen LogP contribution >= 0.6 is 0 Å². The molecule has 1 aromatic carbocycles. The van der Waals surface area contributed by atoms with Crippen molar-refractivity contribution < 1.29 is 9.18 Å². The van der Waals surface area contributed by atoms with E-state index in [2.05, 4.69) is 17.2 Å². The second-order valence-electron chi connectivity index (χ2n) is 3.68. The molecule has 0 radical (unpaired) electrons. The number of rotatable bonds is 2. The van der Waals surface area contributed by atoms with Crippen molar-refractivity contribution in [3.8, 4) is 11.8 Å². The number of amides is 1. The van der Waals surface area contributed by atoms with E-state index in [1.54, 1.807) is 19.1 Å². The fraction of sp³-hybridized carbons (Fsp3) is 0.308. The monoisotopic (exact) mass is 234 g/mol. The predicted octanol–water partition coefficient (Wildman–Crippen LogP) is 1.59. The van der Waals surface area contributed by atoms with E-state index < -0.39 is 0 Å². The highest BCUT2D eigenvalue weighted by molar-refractivity contribution is 5.72. The quantitative estimate of drug-likeness (QED) is 0.464. The summed E-state index contributed by atoms with van der Waals surface area (Å²) in [6.07, 6.45) is 0.489. The van der Waals surface area contributed by atoms with Gasteiger partial charge in [0, 0.05) is 31.1 Å². The first-order valence-electron chi connectivity index (χ1n) is 5.30. The van der Waals surface area contributed by atoms with Gasteiger partial charge < -0.3 is 11.1 Å². The first-order chi connectivity index (χ1) is 8.02. The van der Waals surface area contributed by atoms with Gasteiger partial charge in [0.25, 0.3) is 0 Å². The Balaban J connectivity index is 2.66. The molecule has 0 saturated carbocycles. The zero-order valence-electron chi connectivity index (χ0n) is 9.93. The van der Waals surface area contributed by atoms with Crippen LogP contribution < -0.4 is 11.1 Å². The highest BCUT2D eigenvalue weighted by Crippen LogP contribution is 2.17. The molecule has 17 heavy (non-hydrogen) atoms. The largest absolute Gasteiger partial charge is 0.398 e. The van der Waals surface area contributed by atoms with E-state index in [1.165, 1.54) is 6.92 Å². The number of anilines is 1. The van der Waals surface area contributed by atoms with Crippen LogP contribution in [0.3, 0.4) is 0 Å². The van der Waals surface area contributed by atoms with Crippen molar-refractivity contribution in [3.63, 3.8) is 0 Å². The average Bonchev–Trinajstić information content (AvgIpc) is 2.28. The van der Waals surface area contributed by atoms with Crippen molar-refractivity contribution in [3.05, 3.63) is 29.1 Å². The number of nitrogens with two attached hydrogens (primary N) is 1. The first-order valence-corrected chi connectivity index (χ1v) is 5.30. The van der Waals surface area contributed by atoms with E-state index in [-0.39, 0.29) is 11.7 Å². The second kappa shape index (κ2) is 5.90. The Morgan fingerprint density at radius 3 is 2.88 bits per heavy atom. The Morgan fingerprint density at radius 1 is 1.53 bits per heavy atom. The minimum Gasteiger partial charge on any atom is -0.398 e. The molecule has 0 aromatic heterocycles. The minimum absolute atomic E-state index is 0.0960. The van der Waals surface area contributed by atoms with Crippen LogP contribution in [0.4, 0.5) is 10.1 Å². The smallest absolute Gasteiger partial charge is 0.216 e. The Morgan fingerprint density at radius 2 is 2.24 bits per heavy atom. The molecule has 0 unspecified atom stereocenters. The maximum absolute atomic E-state index is 13.6. The molecule has 1 amide bonds. The van der Waals surface area contributed by atoms with Crippen molar-refractivity contribution in [1.29, 1.82) is 0 Å². The molecule has 0 atom stereocenters. The van der Waals surface area contributed by atoms with Gasteiger partial charge >= 0.3 is 0 Å². The number of nitrogen functional groups attached to an aromatic ring is 1. The van der Waals surface area contributed by atoms with E-state index in [4.69, 9.17) is 5.73 Å². The lowest BCUT2D eigenvalue weighted by Crippen LogP contribution is -2.20. The topological polar surface area (TPSA) is 55.1 Å². The first kappa shape index (κ1) is 13.0. The summed E-state index contributed by atoms with van der Waals surface area (Å²) in [6.45, 7) is 3.53. The molecule has 3 N–H and O–H groups in total. The lowest BCUT2D eigenvalue weighted by molar-refractivity contribution is -0.118. The predicted molar refractivity (Wildman–Crippen MR) is 65.7 cm³/mol. The average molecular weight is 234 g/mol. The molecule has 0 aliphatic carbocycles. The third-order valence-corrected chi connectivity index (χ3v) is 2.28. The van der Waals surface area contributed by atoms with Crippen LogP contribution in [-0.4, -0.2) is 12.5 Å². The number of hydrogen-bond acceptors (Lipinski definition) is 2. The summed E-state index contributed by atoms with van der Waals surface area (Å²) in [7, 11) is 0. The van der Waals surface area contributed by atoms with Gasteiger partial charge in [0.1, 0.15) is 5.82 Å². The fourth-order valence-electron chi connectivity index (χ4n) is 1.26. The summed E-state index contributed by atoms with van der Waals surface area (Å²) < 4.78 is 13.6. The van der Waals surface area contributed by atoms with Gasteiger partial charge in [0.2, 0.25) is 5.91 Å². The fourth-order valence-corrected chi connectivity index (χ4v) is 1.26. The Bertz CT molecular complexity index is 486. The Kier molecular flexibility index (Phi) is 4.53. The van der Waals surface area contributed by atoms with Crippen LogP contribution in [0.25, 0.3) is 0 Å². The SMILES string of the molecule is CC(=O)NCCC#Cc1ccc(N)c(C)c1F. The van der Waals surface area contributed by atoms with Gasteiger partial charge in [-0.25, -0.2) is 4.39 Å². The number of benzene rings is 1. The molecule has 0 aliphatic heterocycles. The minimum atomic E-state index is -0.378. The number of carbonyl (C=O) groups excluding carboxylic acids is 1. The molecule has 0 heterocycles. The molecule has 0 fully saturated rings. The summed E-state index contributed by atoms with van der Waals surface area (Å²) in [5.41, 5.74) is 6.73. The second-order valence-corrected chi connectivity index (χ2v) is 3.68. The Labute approximate surface area is 100 Å². The summed E-state index contributed by atoms with van der Waals surface area (Å²) in [5, 5.41) is 2.61. The molecule has 1 rings (SSSR count). The molecule has 0 spiro atoms. The van der Waals surface area contributed by atoms with Gasteiger partial charge in [0.05, 0.1) is 5.56 Å². The number of nitrogens with one attached hydrogen (secondary N) is 1. The van der Waals surface area contributed by atoms with Gasteiger partial charge in [-0.1, -0.05) is 11.8 Å². The zero-order chi connectivity index (χ0) is 12.8. The lowest BCUT2D eigenvalue weighted by Gasteiger charge is -2.02. The summed E-state index contributed by atoms with van der Waals surface area (Å²) >= 11 is 0. The van der Waals surface area contributed by atoms with Crippen molar-refractivity contribution in [2.45, 2.75) is 20.3 Å². The molecule has 90 valence electrons. The Hall–Kier alpha value is -2.02. The van der Waals surface area contributed by atoms with Gasteiger partial charge in [0.15, 0.2) is 0 Å². The van der Waals surface area contributed by atoms with E-state index >= 15 is 0 Å². The van der Waals surface area contributed by atoms with Crippen LogP contribution in [0.5, 0.6) is 0 Å². The van der Waals surface area contributed by atoms with E-state index in [1.807, 2.05) is 0 Å². The van der Waals surface area contributed by atoms with E-state index in [0.717, 1.165) is 0 Å². The third kappa shape index (κ3) is 3.80. The van der Waals surface area contributed by atoms with Gasteiger partial charge in [-0.2, -0.15) is 0 Å². The summed E-state index contributed by atoms with van der Waals surface area (Å²) in [6, 6.07) is 3.19. The maximum Gasteiger partial charge on any atom is 0.216 e. The molecule has 0 aliphatic rings. The molecule has 0 saturated heterocycles. The maximum atomic E-state index is 13.6. The van der Waals surface area contributed by atoms with Crippen LogP contribution in [0.15, 0.2) is 12.1 Å². The van der Waals surface area contributed by atoms with E-state index in [9.17, 15) is 9.18 Å². The van der Waals surface area contributed by atoms with Gasteiger partial charge in [-0.3, -0.25) is 4.79 Å². The van der Waals surface area contributed by atoms with Crippen LogP contribution in [-0.2, 0) is 4.79 Å². The van der Waals surface area contributed by atoms with Crippen molar-refractivity contribution in [2.75, 3.05) is 12.3 Å². The van der Waals surface area contributed by atoms with Crippen LogP contribution in [0, 0.1) is 24.6 Å². The number of hydrogen-bond donors (Lipinski definition) is 2. The van der Waals surface area contributed by atoms with Crippen LogP contribution in [0.2, 0.25) is 0 Å². The van der Waals surface area contributed by atoms with Crippen molar-refractivity contribution >= 4 is 11.6 Å². The number of carbonyl (C=O) groups is 1. The summed E-state index contributed by atoms with van der Waals surface area (Å²) in [5.74, 6) is 5.05. The molecule has 1 aromatic rings. The highest BCUT2D eigenvalue weighted by Gasteiger charge is 2.05. The molecule has 3 nitrogen and oxygen atoms in total. The molecular formula is C13H15FN2O. The normalized spacial score (nSPS) is 9.35. The number of halogens is 1. The summed E-state index contributed by atoms with van der Waals surface area (Å²) in [4.78, 5) is 10.6. The highest BCUT2D eigenvalue weighted by atomic mass is 19.1. The molecule has 4 heteroatoms. The zero-order valence-corrected chi connectivity index (χ0v) is 9.93. The molecule has 0 bridgehead atoms.